The molecule has 0 bridgehead atoms. The standard InChI is InChI=1S/C19H24N4O5S2/c1-12-14(4-7-28-12)18(25)22-19-20-13(9-29-19)8-17(24)21-15-10-30(26,27)11-16(15)23-5-2-3-6-23/h4,7,9,15-16H,2-3,5-6,8,10-11H2,1H3,(H,21,24)(H,20,22,25). The smallest absolute Gasteiger partial charge is 0.260 e. The van der Waals surface area contributed by atoms with Gasteiger partial charge in [0.15, 0.2) is 15.0 Å². The molecular formula is C19H24N4O5S2. The van der Waals surface area contributed by atoms with Crippen molar-refractivity contribution in [1.29, 1.82) is 0 Å². The molecule has 11 heteroatoms. The van der Waals surface area contributed by atoms with E-state index in [2.05, 4.69) is 20.5 Å². The van der Waals surface area contributed by atoms with Crippen molar-refractivity contribution < 1.29 is 22.4 Å². The number of furan rings is 1. The number of carbonyl (C=O) groups excluding carboxylic acids is 2. The van der Waals surface area contributed by atoms with E-state index in [1.165, 1.54) is 17.6 Å². The van der Waals surface area contributed by atoms with Gasteiger partial charge in [0.1, 0.15) is 5.76 Å². The van der Waals surface area contributed by atoms with Gasteiger partial charge < -0.3 is 9.73 Å². The normalized spacial score (nSPS) is 23.5. The molecule has 30 heavy (non-hydrogen) atoms. The van der Waals surface area contributed by atoms with E-state index < -0.39 is 15.9 Å². The van der Waals surface area contributed by atoms with Crippen LogP contribution in [0.25, 0.3) is 0 Å². The minimum absolute atomic E-state index is 0.0255. The first-order valence-electron chi connectivity index (χ1n) is 9.84. The van der Waals surface area contributed by atoms with Crippen LogP contribution in [-0.2, 0) is 21.1 Å². The predicted octanol–water partition coefficient (Wildman–Crippen LogP) is 1.22. The molecule has 2 aliphatic rings. The van der Waals surface area contributed by atoms with Crippen LogP contribution in [-0.4, -0.2) is 66.8 Å². The Morgan fingerprint density at radius 1 is 1.30 bits per heavy atom. The van der Waals surface area contributed by atoms with Gasteiger partial charge in [-0.15, -0.1) is 11.3 Å². The van der Waals surface area contributed by atoms with E-state index in [0.29, 0.717) is 22.1 Å². The topological polar surface area (TPSA) is 122 Å². The molecule has 9 nitrogen and oxygen atoms in total. The fraction of sp³-hybridized carbons (Fsp3) is 0.526. The molecule has 0 radical (unpaired) electrons. The zero-order valence-electron chi connectivity index (χ0n) is 16.6. The minimum Gasteiger partial charge on any atom is -0.469 e. The number of carbonyl (C=O) groups is 2. The summed E-state index contributed by atoms with van der Waals surface area (Å²) < 4.78 is 29.4. The average Bonchev–Trinajstić information content (AvgIpc) is 3.43. The van der Waals surface area contributed by atoms with Gasteiger partial charge in [-0.25, -0.2) is 13.4 Å². The molecule has 2 aromatic heterocycles. The van der Waals surface area contributed by atoms with Gasteiger partial charge in [0.25, 0.3) is 5.91 Å². The molecule has 0 saturated carbocycles. The van der Waals surface area contributed by atoms with E-state index in [9.17, 15) is 18.0 Å². The summed E-state index contributed by atoms with van der Waals surface area (Å²) >= 11 is 1.23. The number of hydrogen-bond donors (Lipinski definition) is 2. The Balaban J connectivity index is 1.35. The van der Waals surface area contributed by atoms with Crippen molar-refractivity contribution in [2.75, 3.05) is 29.9 Å². The second kappa shape index (κ2) is 8.48. The Bertz CT molecular complexity index is 1040. The number of anilines is 1. The van der Waals surface area contributed by atoms with Crippen LogP contribution in [0.4, 0.5) is 5.13 Å². The Kier molecular flexibility index (Phi) is 5.94. The van der Waals surface area contributed by atoms with Crippen LogP contribution in [0.1, 0.15) is 34.7 Å². The molecule has 4 heterocycles. The molecule has 2 N–H and O–H groups in total. The van der Waals surface area contributed by atoms with E-state index in [-0.39, 0.29) is 35.8 Å². The van der Waals surface area contributed by atoms with Crippen LogP contribution in [0.2, 0.25) is 0 Å². The second-order valence-corrected chi connectivity index (χ2v) is 10.7. The molecular weight excluding hydrogens is 428 g/mol. The quantitative estimate of drug-likeness (QED) is 0.676. The molecule has 2 atom stereocenters. The average molecular weight is 453 g/mol. The summed E-state index contributed by atoms with van der Waals surface area (Å²) in [4.78, 5) is 31.2. The van der Waals surface area contributed by atoms with Crippen LogP contribution < -0.4 is 10.6 Å². The first-order chi connectivity index (χ1) is 14.3. The van der Waals surface area contributed by atoms with Crippen molar-refractivity contribution in [2.45, 2.75) is 38.3 Å². The van der Waals surface area contributed by atoms with Crippen molar-refractivity contribution in [3.8, 4) is 0 Å². The lowest BCUT2D eigenvalue weighted by molar-refractivity contribution is -0.121. The fourth-order valence-corrected chi connectivity index (χ4v) is 6.71. The first kappa shape index (κ1) is 21.0. The number of nitrogens with zero attached hydrogens (tertiary/aromatic N) is 2. The third kappa shape index (κ3) is 4.73. The highest BCUT2D eigenvalue weighted by Crippen LogP contribution is 2.23. The summed E-state index contributed by atoms with van der Waals surface area (Å²) in [7, 11) is -3.16. The number of sulfone groups is 1. The highest BCUT2D eigenvalue weighted by atomic mass is 32.2. The number of likely N-dealkylation sites (tertiary alicyclic amines) is 1. The summed E-state index contributed by atoms with van der Waals surface area (Å²) in [6.07, 6.45) is 3.59. The van der Waals surface area contributed by atoms with Crippen LogP contribution in [0.15, 0.2) is 22.1 Å². The largest absolute Gasteiger partial charge is 0.469 e. The van der Waals surface area contributed by atoms with Crippen molar-refractivity contribution in [2.24, 2.45) is 0 Å². The Morgan fingerprint density at radius 2 is 2.07 bits per heavy atom. The molecule has 2 amide bonds. The molecule has 2 fully saturated rings. The monoisotopic (exact) mass is 452 g/mol. The van der Waals surface area contributed by atoms with E-state index in [1.807, 2.05) is 0 Å². The second-order valence-electron chi connectivity index (χ2n) is 7.73. The maximum absolute atomic E-state index is 12.5. The number of rotatable bonds is 6. The van der Waals surface area contributed by atoms with E-state index >= 15 is 0 Å². The van der Waals surface area contributed by atoms with Gasteiger partial charge in [-0.1, -0.05) is 0 Å². The molecule has 162 valence electrons. The van der Waals surface area contributed by atoms with Gasteiger partial charge in [-0.05, 0) is 38.9 Å². The number of aryl methyl sites for hydroxylation is 1. The third-order valence-corrected chi connectivity index (χ3v) is 8.02. The lowest BCUT2D eigenvalue weighted by atomic mass is 10.1. The first-order valence-corrected chi connectivity index (χ1v) is 12.5. The van der Waals surface area contributed by atoms with Crippen LogP contribution in [0.3, 0.4) is 0 Å². The Hall–Kier alpha value is -2.24. The summed E-state index contributed by atoms with van der Waals surface area (Å²) in [5, 5.41) is 7.69. The molecule has 2 aliphatic heterocycles. The maximum atomic E-state index is 12.5. The molecule has 2 unspecified atom stereocenters. The van der Waals surface area contributed by atoms with Crippen molar-refractivity contribution >= 4 is 38.1 Å². The number of nitrogens with one attached hydrogen (secondary N) is 2. The minimum atomic E-state index is -3.16. The van der Waals surface area contributed by atoms with Crippen LogP contribution in [0.5, 0.6) is 0 Å². The molecule has 2 saturated heterocycles. The number of hydrogen-bond acceptors (Lipinski definition) is 8. The summed E-state index contributed by atoms with van der Waals surface area (Å²) in [5.41, 5.74) is 0.954. The van der Waals surface area contributed by atoms with Crippen LogP contribution in [0, 0.1) is 6.92 Å². The fourth-order valence-electron chi connectivity index (χ4n) is 4.05. The Labute approximate surface area is 178 Å². The van der Waals surface area contributed by atoms with Crippen molar-refractivity contribution in [3.63, 3.8) is 0 Å². The highest BCUT2D eigenvalue weighted by Gasteiger charge is 2.42. The third-order valence-electron chi connectivity index (χ3n) is 5.50. The summed E-state index contributed by atoms with van der Waals surface area (Å²) in [6, 6.07) is 1.02. The lowest BCUT2D eigenvalue weighted by Crippen LogP contribution is -2.50. The summed E-state index contributed by atoms with van der Waals surface area (Å²) in [5.74, 6) is -0.00488. The predicted molar refractivity (Wildman–Crippen MR) is 112 cm³/mol. The molecule has 0 aromatic carbocycles. The molecule has 2 aromatic rings. The maximum Gasteiger partial charge on any atom is 0.260 e. The molecule has 0 aliphatic carbocycles. The Morgan fingerprint density at radius 3 is 2.77 bits per heavy atom. The van der Waals surface area contributed by atoms with Crippen LogP contribution >= 0.6 is 11.3 Å². The zero-order valence-corrected chi connectivity index (χ0v) is 18.2. The van der Waals surface area contributed by atoms with Crippen molar-refractivity contribution in [1.82, 2.24) is 15.2 Å². The number of aromatic nitrogens is 1. The van der Waals surface area contributed by atoms with Gasteiger partial charge >= 0.3 is 0 Å². The number of amides is 2. The highest BCUT2D eigenvalue weighted by molar-refractivity contribution is 7.91. The summed E-state index contributed by atoms with van der Waals surface area (Å²) in [6.45, 7) is 3.45. The molecule has 4 rings (SSSR count). The van der Waals surface area contributed by atoms with Gasteiger partial charge in [0.2, 0.25) is 5.91 Å². The molecule has 0 spiro atoms. The van der Waals surface area contributed by atoms with Gasteiger partial charge in [-0.2, -0.15) is 0 Å². The zero-order chi connectivity index (χ0) is 21.3. The number of thiazole rings is 1. The van der Waals surface area contributed by atoms with Gasteiger partial charge in [0.05, 0.1) is 41.5 Å². The van der Waals surface area contributed by atoms with E-state index in [4.69, 9.17) is 4.42 Å². The van der Waals surface area contributed by atoms with Gasteiger partial charge in [0, 0.05) is 11.4 Å². The SMILES string of the molecule is Cc1occc1C(=O)Nc1nc(CC(=O)NC2CS(=O)(=O)CC2N2CCCC2)cs1. The van der Waals surface area contributed by atoms with Gasteiger partial charge in [-0.3, -0.25) is 19.8 Å². The van der Waals surface area contributed by atoms with E-state index in [1.54, 1.807) is 18.4 Å². The lowest BCUT2D eigenvalue weighted by Gasteiger charge is -2.28. The van der Waals surface area contributed by atoms with Crippen molar-refractivity contribution in [3.05, 3.63) is 34.7 Å². The van der Waals surface area contributed by atoms with E-state index in [0.717, 1.165) is 25.9 Å².